The molecule has 3 aromatic rings. The molecule has 0 unspecified atom stereocenters. The van der Waals surface area contributed by atoms with Crippen LogP contribution in [0.2, 0.25) is 5.02 Å². The van der Waals surface area contributed by atoms with Crippen LogP contribution in [0.4, 0.5) is 5.13 Å². The van der Waals surface area contributed by atoms with Gasteiger partial charge >= 0.3 is 0 Å². The van der Waals surface area contributed by atoms with Crippen molar-refractivity contribution in [3.05, 3.63) is 64.5 Å². The first-order valence-corrected chi connectivity index (χ1v) is 11.9. The molecule has 1 amide bonds. The summed E-state index contributed by atoms with van der Waals surface area (Å²) >= 11 is 7.57. The molecular formula is C25H27ClN2O3S. The van der Waals surface area contributed by atoms with Crippen LogP contribution in [-0.4, -0.2) is 24.6 Å². The van der Waals surface area contributed by atoms with E-state index in [-0.39, 0.29) is 5.91 Å². The second kappa shape index (κ2) is 12.3. The van der Waals surface area contributed by atoms with Crippen molar-refractivity contribution in [3.8, 4) is 22.8 Å². The van der Waals surface area contributed by atoms with Gasteiger partial charge in [0.05, 0.1) is 19.4 Å². The van der Waals surface area contributed by atoms with E-state index in [1.165, 1.54) is 30.3 Å². The molecule has 2 aromatic carbocycles. The van der Waals surface area contributed by atoms with E-state index in [0.29, 0.717) is 28.3 Å². The summed E-state index contributed by atoms with van der Waals surface area (Å²) in [6, 6.07) is 13.1. The lowest BCUT2D eigenvalue weighted by atomic mass is 10.2. The van der Waals surface area contributed by atoms with Gasteiger partial charge in [-0.15, -0.1) is 11.3 Å². The third kappa shape index (κ3) is 6.84. The van der Waals surface area contributed by atoms with Gasteiger partial charge < -0.3 is 9.47 Å². The predicted molar refractivity (Wildman–Crippen MR) is 133 cm³/mol. The Morgan fingerprint density at radius 3 is 2.78 bits per heavy atom. The quantitative estimate of drug-likeness (QED) is 0.240. The Bertz CT molecular complexity index is 1060. The van der Waals surface area contributed by atoms with E-state index in [0.717, 1.165) is 29.7 Å². The molecule has 0 aliphatic carbocycles. The van der Waals surface area contributed by atoms with Crippen LogP contribution in [-0.2, 0) is 4.79 Å². The lowest BCUT2D eigenvalue weighted by Crippen LogP contribution is -2.07. The molecule has 0 saturated heterocycles. The Hall–Kier alpha value is -2.83. The molecule has 168 valence electrons. The second-order valence-electron chi connectivity index (χ2n) is 7.16. The van der Waals surface area contributed by atoms with Gasteiger partial charge in [0.25, 0.3) is 0 Å². The van der Waals surface area contributed by atoms with Crippen molar-refractivity contribution in [1.82, 2.24) is 4.98 Å². The molecule has 32 heavy (non-hydrogen) atoms. The van der Waals surface area contributed by atoms with Gasteiger partial charge in [-0.3, -0.25) is 10.1 Å². The number of rotatable bonds is 11. The number of carbonyl (C=O) groups is 1. The first-order valence-electron chi connectivity index (χ1n) is 10.6. The molecule has 0 fully saturated rings. The zero-order valence-electron chi connectivity index (χ0n) is 18.3. The molecule has 0 atom stereocenters. The van der Waals surface area contributed by atoms with Crippen molar-refractivity contribution < 1.29 is 14.3 Å². The summed E-state index contributed by atoms with van der Waals surface area (Å²) in [5, 5.41) is 5.79. The molecule has 0 radical (unpaired) electrons. The summed E-state index contributed by atoms with van der Waals surface area (Å²) in [7, 11) is 1.61. The maximum Gasteiger partial charge on any atom is 0.250 e. The monoisotopic (exact) mass is 470 g/mol. The van der Waals surface area contributed by atoms with Crippen molar-refractivity contribution in [2.75, 3.05) is 19.0 Å². The van der Waals surface area contributed by atoms with Crippen LogP contribution in [0.1, 0.15) is 38.2 Å². The molecule has 1 aromatic heterocycles. The summed E-state index contributed by atoms with van der Waals surface area (Å²) in [6.07, 6.45) is 7.79. The number of nitrogens with one attached hydrogen (secondary N) is 1. The fourth-order valence-electron chi connectivity index (χ4n) is 3.06. The Morgan fingerprint density at radius 1 is 1.16 bits per heavy atom. The molecule has 0 bridgehead atoms. The molecule has 0 spiro atoms. The lowest BCUT2D eigenvalue weighted by Gasteiger charge is -2.11. The number of halogens is 1. The first kappa shape index (κ1) is 23.8. The Morgan fingerprint density at radius 2 is 2.00 bits per heavy atom. The number of unbranched alkanes of at least 4 members (excludes halogenated alkanes) is 3. The van der Waals surface area contributed by atoms with Gasteiger partial charge in [0.1, 0.15) is 0 Å². The zero-order valence-corrected chi connectivity index (χ0v) is 19.8. The van der Waals surface area contributed by atoms with Gasteiger partial charge in [0.2, 0.25) is 5.91 Å². The van der Waals surface area contributed by atoms with Gasteiger partial charge in [-0.1, -0.05) is 62.1 Å². The number of carbonyl (C=O) groups excluding carboxylic acids is 1. The number of amides is 1. The number of nitrogens with zero attached hydrogens (tertiary/aromatic N) is 1. The van der Waals surface area contributed by atoms with Crippen molar-refractivity contribution >= 4 is 40.1 Å². The normalized spacial score (nSPS) is 11.0. The Labute approximate surface area is 198 Å². The molecule has 3 rings (SSSR count). The van der Waals surface area contributed by atoms with Crippen molar-refractivity contribution in [3.63, 3.8) is 0 Å². The Kier molecular flexibility index (Phi) is 9.13. The van der Waals surface area contributed by atoms with Gasteiger partial charge in [-0.05, 0) is 36.3 Å². The van der Waals surface area contributed by atoms with Gasteiger partial charge in [-0.25, -0.2) is 4.98 Å². The molecule has 1 N–H and O–H groups in total. The summed E-state index contributed by atoms with van der Waals surface area (Å²) in [4.78, 5) is 16.8. The van der Waals surface area contributed by atoms with E-state index >= 15 is 0 Å². The standard InChI is InChI=1S/C25H27ClN2O3S/c1-3-4-5-8-15-31-22-13-11-18(16-23(22)30-2)12-14-24(29)28-25-27-21(17-32-25)19-9-6-7-10-20(19)26/h6-7,9-14,16-17H,3-5,8,15H2,1-2H3,(H,27,28,29)/b14-12+. The van der Waals surface area contributed by atoms with Crippen LogP contribution >= 0.6 is 22.9 Å². The lowest BCUT2D eigenvalue weighted by molar-refractivity contribution is -0.111. The highest BCUT2D eigenvalue weighted by molar-refractivity contribution is 7.14. The van der Waals surface area contributed by atoms with E-state index < -0.39 is 0 Å². The average molecular weight is 471 g/mol. The topological polar surface area (TPSA) is 60.5 Å². The average Bonchev–Trinajstić information content (AvgIpc) is 3.26. The number of hydrogen-bond donors (Lipinski definition) is 1. The van der Waals surface area contributed by atoms with E-state index in [9.17, 15) is 4.79 Å². The van der Waals surface area contributed by atoms with E-state index in [1.54, 1.807) is 13.2 Å². The molecule has 1 heterocycles. The molecule has 7 heteroatoms. The van der Waals surface area contributed by atoms with Crippen LogP contribution < -0.4 is 14.8 Å². The maximum atomic E-state index is 12.3. The van der Waals surface area contributed by atoms with Crippen LogP contribution in [0.25, 0.3) is 17.3 Å². The summed E-state index contributed by atoms with van der Waals surface area (Å²) < 4.78 is 11.3. The SMILES string of the molecule is CCCCCCOc1ccc(/C=C/C(=O)Nc2nc(-c3ccccc3Cl)cs2)cc1OC. The number of thiazole rings is 1. The predicted octanol–water partition coefficient (Wildman–Crippen LogP) is 7.08. The summed E-state index contributed by atoms with van der Waals surface area (Å²) in [5.74, 6) is 1.09. The number of anilines is 1. The number of ether oxygens (including phenoxy) is 2. The van der Waals surface area contributed by atoms with Crippen LogP contribution in [0.5, 0.6) is 11.5 Å². The van der Waals surface area contributed by atoms with Crippen LogP contribution in [0.3, 0.4) is 0 Å². The van der Waals surface area contributed by atoms with E-state index in [4.69, 9.17) is 21.1 Å². The minimum atomic E-state index is -0.264. The molecule has 0 aliphatic rings. The number of methoxy groups -OCH3 is 1. The van der Waals surface area contributed by atoms with Crippen molar-refractivity contribution in [2.45, 2.75) is 32.6 Å². The van der Waals surface area contributed by atoms with Gasteiger partial charge in [-0.2, -0.15) is 0 Å². The number of hydrogen-bond acceptors (Lipinski definition) is 5. The van der Waals surface area contributed by atoms with Crippen LogP contribution in [0.15, 0.2) is 53.9 Å². The second-order valence-corrected chi connectivity index (χ2v) is 8.43. The summed E-state index contributed by atoms with van der Waals surface area (Å²) in [6.45, 7) is 2.85. The highest BCUT2D eigenvalue weighted by atomic mass is 35.5. The van der Waals surface area contributed by atoms with E-state index in [2.05, 4.69) is 17.2 Å². The largest absolute Gasteiger partial charge is 0.493 e. The molecular weight excluding hydrogens is 444 g/mol. The van der Waals surface area contributed by atoms with Crippen molar-refractivity contribution in [1.29, 1.82) is 0 Å². The number of benzene rings is 2. The zero-order chi connectivity index (χ0) is 22.8. The minimum absolute atomic E-state index is 0.264. The fourth-order valence-corrected chi connectivity index (χ4v) is 4.01. The van der Waals surface area contributed by atoms with Gasteiger partial charge in [0.15, 0.2) is 16.6 Å². The fraction of sp³-hybridized carbons (Fsp3) is 0.280. The molecule has 0 saturated carbocycles. The highest BCUT2D eigenvalue weighted by Crippen LogP contribution is 2.31. The van der Waals surface area contributed by atoms with Crippen molar-refractivity contribution in [2.24, 2.45) is 0 Å². The third-order valence-electron chi connectivity index (χ3n) is 4.75. The number of aromatic nitrogens is 1. The highest BCUT2D eigenvalue weighted by Gasteiger charge is 2.09. The van der Waals surface area contributed by atoms with E-state index in [1.807, 2.05) is 47.8 Å². The summed E-state index contributed by atoms with van der Waals surface area (Å²) in [5.41, 5.74) is 2.40. The minimum Gasteiger partial charge on any atom is -0.493 e. The smallest absolute Gasteiger partial charge is 0.250 e. The van der Waals surface area contributed by atoms with Gasteiger partial charge in [0, 0.05) is 22.0 Å². The molecule has 5 nitrogen and oxygen atoms in total. The third-order valence-corrected chi connectivity index (χ3v) is 5.84. The Balaban J connectivity index is 1.57. The van der Waals surface area contributed by atoms with Crippen LogP contribution in [0, 0.1) is 0 Å². The first-order chi connectivity index (χ1) is 15.6. The molecule has 0 aliphatic heterocycles. The maximum absolute atomic E-state index is 12.3.